The van der Waals surface area contributed by atoms with Crippen LogP contribution in [0.1, 0.15) is 10.4 Å². The molecule has 0 radical (unpaired) electrons. The van der Waals surface area contributed by atoms with Crippen molar-refractivity contribution in [3.8, 4) is 17.1 Å². The molecule has 0 aliphatic carbocycles. The molecule has 1 aromatic heterocycles. The molecule has 116 valence electrons. The summed E-state index contributed by atoms with van der Waals surface area (Å²) in [6.07, 6.45) is 0. The van der Waals surface area contributed by atoms with Gasteiger partial charge in [-0.1, -0.05) is 12.1 Å². The summed E-state index contributed by atoms with van der Waals surface area (Å²) in [5.74, 6) is 0.910. The van der Waals surface area contributed by atoms with Crippen molar-refractivity contribution >= 4 is 27.5 Å². The van der Waals surface area contributed by atoms with E-state index in [2.05, 4.69) is 41.9 Å². The number of amides is 1. The van der Waals surface area contributed by atoms with E-state index < -0.39 is 0 Å². The van der Waals surface area contributed by atoms with Crippen molar-refractivity contribution in [3.63, 3.8) is 0 Å². The second-order valence-electron chi connectivity index (χ2n) is 4.62. The predicted octanol–water partition coefficient (Wildman–Crippen LogP) is 2.89. The average molecular weight is 374 g/mol. The molecule has 0 saturated heterocycles. The number of carbonyl (C=O) groups excluding carboxylic acids is 1. The maximum absolute atomic E-state index is 12.3. The highest BCUT2D eigenvalue weighted by Crippen LogP contribution is 2.26. The Labute approximate surface area is 140 Å². The molecule has 1 heterocycles. The number of nitrogens with one attached hydrogen (secondary N) is 2. The van der Waals surface area contributed by atoms with Gasteiger partial charge in [-0.3, -0.25) is 4.79 Å². The summed E-state index contributed by atoms with van der Waals surface area (Å²) in [5, 5.41) is 16.6. The van der Waals surface area contributed by atoms with Crippen LogP contribution in [0.15, 0.2) is 46.9 Å². The maximum Gasteiger partial charge on any atom is 0.255 e. The number of aromatic nitrogens is 4. The number of aromatic amines is 1. The lowest BCUT2D eigenvalue weighted by Crippen LogP contribution is -2.12. The van der Waals surface area contributed by atoms with Crippen LogP contribution in [-0.4, -0.2) is 33.6 Å². The van der Waals surface area contributed by atoms with E-state index >= 15 is 0 Å². The maximum atomic E-state index is 12.3. The Morgan fingerprint density at radius 1 is 1.26 bits per heavy atom. The Hall–Kier alpha value is -2.74. The first-order valence-electron chi connectivity index (χ1n) is 6.66. The summed E-state index contributed by atoms with van der Waals surface area (Å²) in [6.45, 7) is 0. The molecule has 0 fully saturated rings. The molecule has 0 bridgehead atoms. The molecule has 0 saturated carbocycles. The Bertz CT molecular complexity index is 836. The highest BCUT2D eigenvalue weighted by molar-refractivity contribution is 9.10. The molecule has 8 heteroatoms. The van der Waals surface area contributed by atoms with Crippen molar-refractivity contribution in [2.75, 3.05) is 12.4 Å². The van der Waals surface area contributed by atoms with Crippen LogP contribution in [-0.2, 0) is 0 Å². The Balaban J connectivity index is 1.80. The van der Waals surface area contributed by atoms with E-state index in [1.807, 2.05) is 12.1 Å². The first-order valence-corrected chi connectivity index (χ1v) is 7.45. The molecular weight excluding hydrogens is 362 g/mol. The van der Waals surface area contributed by atoms with Crippen molar-refractivity contribution in [1.29, 1.82) is 0 Å². The zero-order chi connectivity index (χ0) is 16.2. The molecule has 1 amide bonds. The monoisotopic (exact) mass is 373 g/mol. The Morgan fingerprint density at radius 2 is 2.13 bits per heavy atom. The van der Waals surface area contributed by atoms with E-state index in [1.54, 1.807) is 37.4 Å². The lowest BCUT2D eigenvalue weighted by molar-refractivity contribution is 0.102. The number of rotatable bonds is 4. The fourth-order valence-corrected chi connectivity index (χ4v) is 2.57. The number of halogens is 1. The molecular formula is C15H12BrN5O2. The van der Waals surface area contributed by atoms with Gasteiger partial charge in [0.1, 0.15) is 5.75 Å². The quantitative estimate of drug-likeness (QED) is 0.733. The molecule has 0 unspecified atom stereocenters. The van der Waals surface area contributed by atoms with Gasteiger partial charge in [0.05, 0.1) is 11.6 Å². The van der Waals surface area contributed by atoms with Crippen molar-refractivity contribution in [3.05, 3.63) is 52.5 Å². The van der Waals surface area contributed by atoms with Crippen LogP contribution in [0.5, 0.6) is 5.75 Å². The number of hydrogen-bond donors (Lipinski definition) is 2. The number of methoxy groups -OCH3 is 1. The van der Waals surface area contributed by atoms with Gasteiger partial charge in [-0.25, -0.2) is 0 Å². The van der Waals surface area contributed by atoms with Crippen LogP contribution in [0.4, 0.5) is 5.69 Å². The lowest BCUT2D eigenvalue weighted by atomic mass is 10.1. The number of tetrazole rings is 1. The van der Waals surface area contributed by atoms with Gasteiger partial charge in [-0.2, -0.15) is 5.21 Å². The standard InChI is InChI=1S/C15H12BrN5O2/c1-23-13-6-5-10(8-12(13)16)15(22)17-11-4-2-3-9(7-11)14-18-20-21-19-14/h2-8H,1H3,(H,17,22)(H,18,19,20,21). The minimum Gasteiger partial charge on any atom is -0.496 e. The fourth-order valence-electron chi connectivity index (χ4n) is 2.03. The zero-order valence-corrected chi connectivity index (χ0v) is 13.7. The van der Waals surface area contributed by atoms with E-state index in [4.69, 9.17) is 4.74 Å². The van der Waals surface area contributed by atoms with E-state index in [-0.39, 0.29) is 5.91 Å². The number of anilines is 1. The summed E-state index contributed by atoms with van der Waals surface area (Å²) in [6, 6.07) is 12.4. The molecule has 3 aromatic rings. The number of nitrogens with zero attached hydrogens (tertiary/aromatic N) is 3. The number of ether oxygens (including phenoxy) is 1. The van der Waals surface area contributed by atoms with Crippen molar-refractivity contribution in [2.24, 2.45) is 0 Å². The highest BCUT2D eigenvalue weighted by atomic mass is 79.9. The van der Waals surface area contributed by atoms with Crippen LogP contribution < -0.4 is 10.1 Å². The minimum atomic E-state index is -0.224. The zero-order valence-electron chi connectivity index (χ0n) is 12.1. The van der Waals surface area contributed by atoms with Gasteiger partial charge < -0.3 is 10.1 Å². The second-order valence-corrected chi connectivity index (χ2v) is 5.47. The van der Waals surface area contributed by atoms with Gasteiger partial charge in [0.15, 0.2) is 0 Å². The van der Waals surface area contributed by atoms with Gasteiger partial charge in [-0.05, 0) is 51.5 Å². The van der Waals surface area contributed by atoms with Crippen LogP contribution in [0.25, 0.3) is 11.4 Å². The Kier molecular flexibility index (Phi) is 4.33. The summed E-state index contributed by atoms with van der Waals surface area (Å²) in [4.78, 5) is 12.3. The number of benzene rings is 2. The van der Waals surface area contributed by atoms with Crippen LogP contribution in [0.3, 0.4) is 0 Å². The number of H-pyrrole nitrogens is 1. The third-order valence-corrected chi connectivity index (χ3v) is 3.76. The molecule has 7 nitrogen and oxygen atoms in total. The lowest BCUT2D eigenvalue weighted by Gasteiger charge is -2.08. The van der Waals surface area contributed by atoms with Gasteiger partial charge in [-0.15, -0.1) is 10.2 Å². The van der Waals surface area contributed by atoms with Crippen molar-refractivity contribution < 1.29 is 9.53 Å². The molecule has 0 aliphatic heterocycles. The second kappa shape index (κ2) is 6.57. The first-order chi connectivity index (χ1) is 11.2. The normalized spacial score (nSPS) is 10.3. The van der Waals surface area contributed by atoms with E-state index in [0.29, 0.717) is 27.3 Å². The topological polar surface area (TPSA) is 92.8 Å². The van der Waals surface area contributed by atoms with E-state index in [1.165, 1.54) is 0 Å². The predicted molar refractivity (Wildman–Crippen MR) is 88.3 cm³/mol. The number of carbonyl (C=O) groups is 1. The van der Waals surface area contributed by atoms with E-state index in [0.717, 1.165) is 5.56 Å². The minimum absolute atomic E-state index is 0.224. The molecule has 3 rings (SSSR count). The average Bonchev–Trinajstić information content (AvgIpc) is 3.09. The van der Waals surface area contributed by atoms with Gasteiger partial charge in [0.2, 0.25) is 5.82 Å². The third-order valence-electron chi connectivity index (χ3n) is 3.14. The molecule has 0 spiro atoms. The SMILES string of the molecule is COc1ccc(C(=O)Nc2cccc(-c3nn[nH]n3)c2)cc1Br. The fraction of sp³-hybridized carbons (Fsp3) is 0.0667. The van der Waals surface area contributed by atoms with Gasteiger partial charge in [0, 0.05) is 16.8 Å². The van der Waals surface area contributed by atoms with E-state index in [9.17, 15) is 4.79 Å². The largest absolute Gasteiger partial charge is 0.496 e. The first kappa shape index (κ1) is 15.2. The summed E-state index contributed by atoms with van der Waals surface area (Å²) >= 11 is 3.37. The van der Waals surface area contributed by atoms with Crippen LogP contribution >= 0.6 is 15.9 Å². The third kappa shape index (κ3) is 3.37. The van der Waals surface area contributed by atoms with Crippen molar-refractivity contribution in [1.82, 2.24) is 20.6 Å². The van der Waals surface area contributed by atoms with Crippen LogP contribution in [0.2, 0.25) is 0 Å². The smallest absolute Gasteiger partial charge is 0.255 e. The highest BCUT2D eigenvalue weighted by Gasteiger charge is 2.10. The number of hydrogen-bond acceptors (Lipinski definition) is 5. The van der Waals surface area contributed by atoms with Crippen molar-refractivity contribution in [2.45, 2.75) is 0 Å². The summed E-state index contributed by atoms with van der Waals surface area (Å²) in [7, 11) is 1.57. The summed E-state index contributed by atoms with van der Waals surface area (Å²) < 4.78 is 5.87. The molecule has 2 aromatic carbocycles. The molecule has 0 atom stereocenters. The van der Waals surface area contributed by atoms with Gasteiger partial charge >= 0.3 is 0 Å². The molecule has 2 N–H and O–H groups in total. The summed E-state index contributed by atoms with van der Waals surface area (Å²) in [5.41, 5.74) is 1.92. The van der Waals surface area contributed by atoms with Crippen LogP contribution in [0, 0.1) is 0 Å². The molecule has 0 aliphatic rings. The Morgan fingerprint density at radius 3 is 2.83 bits per heavy atom. The molecule has 23 heavy (non-hydrogen) atoms. The van der Waals surface area contributed by atoms with Gasteiger partial charge in [0.25, 0.3) is 5.91 Å².